The number of anilines is 1. The van der Waals surface area contributed by atoms with E-state index in [2.05, 4.69) is 21.2 Å². The minimum atomic E-state index is -0.492. The Hall–Kier alpha value is -1.10. The van der Waals surface area contributed by atoms with Crippen LogP contribution < -0.4 is 10.1 Å². The maximum absolute atomic E-state index is 13.2. The minimum Gasteiger partial charge on any atom is -0.494 e. The van der Waals surface area contributed by atoms with Crippen LogP contribution in [0, 0.1) is 5.82 Å². The molecule has 1 aromatic carbocycles. The molecule has 0 saturated heterocycles. The van der Waals surface area contributed by atoms with Crippen molar-refractivity contribution in [1.29, 1.82) is 0 Å². The molecule has 1 aromatic rings. The first-order chi connectivity index (χ1) is 7.17. The average molecular weight is 276 g/mol. The summed E-state index contributed by atoms with van der Waals surface area (Å²) in [6.07, 6.45) is 0.355. The van der Waals surface area contributed by atoms with Gasteiger partial charge in [-0.25, -0.2) is 4.39 Å². The second-order valence-electron chi connectivity index (χ2n) is 2.84. The van der Waals surface area contributed by atoms with E-state index < -0.39 is 5.82 Å². The van der Waals surface area contributed by atoms with Crippen LogP contribution in [0.4, 0.5) is 10.1 Å². The number of carbonyl (C=O) groups is 1. The first-order valence-corrected chi connectivity index (χ1v) is 5.49. The molecule has 82 valence electrons. The fourth-order valence-corrected chi connectivity index (χ4v) is 1.41. The highest BCUT2D eigenvalue weighted by atomic mass is 79.9. The molecule has 0 aromatic heterocycles. The molecule has 0 atom stereocenters. The Kier molecular flexibility index (Phi) is 4.55. The number of ether oxygens (including phenoxy) is 1. The van der Waals surface area contributed by atoms with Crippen molar-refractivity contribution in [2.24, 2.45) is 0 Å². The van der Waals surface area contributed by atoms with Crippen LogP contribution >= 0.6 is 15.9 Å². The predicted octanol–water partition coefficient (Wildman–Crippen LogP) is 2.56. The topological polar surface area (TPSA) is 38.3 Å². The van der Waals surface area contributed by atoms with E-state index in [0.717, 1.165) is 0 Å². The van der Waals surface area contributed by atoms with Crippen molar-refractivity contribution in [2.75, 3.05) is 17.8 Å². The van der Waals surface area contributed by atoms with Gasteiger partial charge in [0.2, 0.25) is 5.91 Å². The summed E-state index contributed by atoms with van der Waals surface area (Å²) in [5.41, 5.74) is 0.430. The number of rotatable bonds is 4. The average Bonchev–Trinajstić information content (AvgIpc) is 2.18. The lowest BCUT2D eigenvalue weighted by atomic mass is 10.3. The van der Waals surface area contributed by atoms with E-state index in [9.17, 15) is 9.18 Å². The molecule has 0 bridgehead atoms. The molecule has 0 aliphatic heterocycles. The van der Waals surface area contributed by atoms with Gasteiger partial charge in [-0.05, 0) is 12.1 Å². The van der Waals surface area contributed by atoms with Gasteiger partial charge in [-0.15, -0.1) is 0 Å². The molecule has 0 fully saturated rings. The molecular weight excluding hydrogens is 265 g/mol. The van der Waals surface area contributed by atoms with Gasteiger partial charge in [0.1, 0.15) is 0 Å². The largest absolute Gasteiger partial charge is 0.494 e. The Labute approximate surface area is 95.7 Å². The van der Waals surface area contributed by atoms with E-state index in [1.807, 2.05) is 0 Å². The lowest BCUT2D eigenvalue weighted by molar-refractivity contribution is -0.115. The summed E-state index contributed by atoms with van der Waals surface area (Å²) in [6, 6.07) is 4.29. The molecule has 0 heterocycles. The van der Waals surface area contributed by atoms with Gasteiger partial charge in [0.25, 0.3) is 0 Å². The summed E-state index contributed by atoms with van der Waals surface area (Å²) in [5, 5.41) is 3.15. The second kappa shape index (κ2) is 5.70. The predicted molar refractivity (Wildman–Crippen MR) is 60.0 cm³/mol. The number of methoxy groups -OCH3 is 1. The highest BCUT2D eigenvalue weighted by Gasteiger charge is 2.05. The third kappa shape index (κ3) is 3.51. The maximum Gasteiger partial charge on any atom is 0.225 e. The van der Waals surface area contributed by atoms with E-state index in [1.54, 1.807) is 6.07 Å². The van der Waals surface area contributed by atoms with Gasteiger partial charge in [0.15, 0.2) is 11.6 Å². The quantitative estimate of drug-likeness (QED) is 0.858. The van der Waals surface area contributed by atoms with Crippen LogP contribution in [-0.4, -0.2) is 18.3 Å². The third-order valence-electron chi connectivity index (χ3n) is 1.76. The van der Waals surface area contributed by atoms with Crippen molar-refractivity contribution < 1.29 is 13.9 Å². The molecule has 0 spiro atoms. The molecule has 0 aliphatic carbocycles. The zero-order valence-electron chi connectivity index (χ0n) is 8.22. The highest BCUT2D eigenvalue weighted by molar-refractivity contribution is 9.09. The monoisotopic (exact) mass is 275 g/mol. The standard InChI is InChI=1S/C10H11BrFNO2/c1-15-9-3-2-7(6-8(9)12)13-10(14)4-5-11/h2-3,6H,4-5H2,1H3,(H,13,14). The van der Waals surface area contributed by atoms with Crippen LogP contribution in [-0.2, 0) is 4.79 Å². The third-order valence-corrected chi connectivity index (χ3v) is 2.15. The van der Waals surface area contributed by atoms with Gasteiger partial charge >= 0.3 is 0 Å². The Morgan fingerprint density at radius 2 is 2.33 bits per heavy atom. The van der Waals surface area contributed by atoms with Crippen molar-refractivity contribution in [3.8, 4) is 5.75 Å². The molecule has 15 heavy (non-hydrogen) atoms. The Morgan fingerprint density at radius 3 is 2.87 bits per heavy atom. The van der Waals surface area contributed by atoms with Gasteiger partial charge in [0, 0.05) is 23.5 Å². The van der Waals surface area contributed by atoms with Crippen molar-refractivity contribution in [3.63, 3.8) is 0 Å². The van der Waals surface area contributed by atoms with Crippen molar-refractivity contribution in [1.82, 2.24) is 0 Å². The number of nitrogens with one attached hydrogen (secondary N) is 1. The van der Waals surface area contributed by atoms with Gasteiger partial charge < -0.3 is 10.1 Å². The fraction of sp³-hybridized carbons (Fsp3) is 0.300. The molecule has 0 unspecified atom stereocenters. The van der Waals surface area contributed by atoms with Gasteiger partial charge in [-0.1, -0.05) is 15.9 Å². The van der Waals surface area contributed by atoms with Crippen LogP contribution in [0.3, 0.4) is 0 Å². The lowest BCUT2D eigenvalue weighted by Gasteiger charge is -2.06. The fourth-order valence-electron chi connectivity index (χ4n) is 1.05. The number of hydrogen-bond donors (Lipinski definition) is 1. The Balaban J connectivity index is 2.71. The molecule has 0 saturated carbocycles. The second-order valence-corrected chi connectivity index (χ2v) is 3.63. The summed E-state index contributed by atoms with van der Waals surface area (Å²) in [7, 11) is 1.39. The van der Waals surface area contributed by atoms with Gasteiger partial charge in [-0.2, -0.15) is 0 Å². The van der Waals surface area contributed by atoms with Gasteiger partial charge in [0.05, 0.1) is 7.11 Å². The smallest absolute Gasteiger partial charge is 0.225 e. The molecule has 1 N–H and O–H groups in total. The van der Waals surface area contributed by atoms with E-state index in [4.69, 9.17) is 4.74 Å². The van der Waals surface area contributed by atoms with E-state index in [0.29, 0.717) is 17.4 Å². The number of amides is 1. The maximum atomic E-state index is 13.2. The number of alkyl halides is 1. The van der Waals surface area contributed by atoms with Crippen LogP contribution in [0.25, 0.3) is 0 Å². The summed E-state index contributed by atoms with van der Waals surface area (Å²) in [4.78, 5) is 11.2. The van der Waals surface area contributed by atoms with Crippen LogP contribution in [0.15, 0.2) is 18.2 Å². The molecule has 0 radical (unpaired) electrons. The SMILES string of the molecule is COc1ccc(NC(=O)CCBr)cc1F. The van der Waals surface area contributed by atoms with Crippen LogP contribution in [0.2, 0.25) is 0 Å². The summed E-state index contributed by atoms with van der Waals surface area (Å²) in [5.74, 6) is -0.487. The zero-order valence-corrected chi connectivity index (χ0v) is 9.80. The van der Waals surface area contributed by atoms with Crippen LogP contribution in [0.1, 0.15) is 6.42 Å². The van der Waals surface area contributed by atoms with E-state index in [1.165, 1.54) is 19.2 Å². The normalized spacial score (nSPS) is 9.80. The summed E-state index contributed by atoms with van der Waals surface area (Å²) < 4.78 is 18.0. The lowest BCUT2D eigenvalue weighted by Crippen LogP contribution is -2.11. The van der Waals surface area contributed by atoms with E-state index in [-0.39, 0.29) is 11.7 Å². The number of carbonyl (C=O) groups excluding carboxylic acids is 1. The summed E-state index contributed by atoms with van der Waals surface area (Å²) in [6.45, 7) is 0. The molecule has 5 heteroatoms. The van der Waals surface area contributed by atoms with Crippen LogP contribution in [0.5, 0.6) is 5.75 Å². The zero-order chi connectivity index (χ0) is 11.3. The van der Waals surface area contributed by atoms with Crippen molar-refractivity contribution in [2.45, 2.75) is 6.42 Å². The molecular formula is C10H11BrFNO2. The minimum absolute atomic E-state index is 0.156. The van der Waals surface area contributed by atoms with Crippen molar-refractivity contribution >= 4 is 27.5 Å². The Morgan fingerprint density at radius 1 is 1.60 bits per heavy atom. The summed E-state index contributed by atoms with van der Waals surface area (Å²) >= 11 is 3.15. The van der Waals surface area contributed by atoms with Gasteiger partial charge in [-0.3, -0.25) is 4.79 Å². The molecule has 1 rings (SSSR count). The van der Waals surface area contributed by atoms with E-state index >= 15 is 0 Å². The molecule has 1 amide bonds. The highest BCUT2D eigenvalue weighted by Crippen LogP contribution is 2.20. The number of halogens is 2. The number of benzene rings is 1. The Bertz CT molecular complexity index is 357. The number of hydrogen-bond acceptors (Lipinski definition) is 2. The molecule has 0 aliphatic rings. The molecule has 3 nitrogen and oxygen atoms in total. The first-order valence-electron chi connectivity index (χ1n) is 4.36. The van der Waals surface area contributed by atoms with Crippen molar-refractivity contribution in [3.05, 3.63) is 24.0 Å². The first kappa shape index (κ1) is 12.0.